The van der Waals surface area contributed by atoms with E-state index in [2.05, 4.69) is 79.7 Å². The van der Waals surface area contributed by atoms with Gasteiger partial charge in [0.05, 0.1) is 11.4 Å². The van der Waals surface area contributed by atoms with Crippen molar-refractivity contribution in [2.45, 2.75) is 29.9 Å². The Morgan fingerprint density at radius 2 is 1.65 bits per heavy atom. The molecule has 2 unspecified atom stereocenters. The Morgan fingerprint density at radius 1 is 0.885 bits per heavy atom. The van der Waals surface area contributed by atoms with Crippen LogP contribution in [0.4, 0.5) is 5.69 Å². The molecule has 2 atom stereocenters. The summed E-state index contributed by atoms with van der Waals surface area (Å²) in [6, 6.07) is 26.5. The van der Waals surface area contributed by atoms with E-state index in [0.717, 1.165) is 18.5 Å². The fraction of sp³-hybridized carbons (Fsp3) is 0.208. The monoisotopic (exact) mass is 355 g/mol. The van der Waals surface area contributed by atoms with E-state index >= 15 is 0 Å². The summed E-state index contributed by atoms with van der Waals surface area (Å²) in [5.74, 6) is 0.449. The molecule has 0 saturated heterocycles. The molecule has 0 saturated carbocycles. The average Bonchev–Trinajstić information content (AvgIpc) is 2.85. The summed E-state index contributed by atoms with van der Waals surface area (Å²) >= 11 is 1.98. The number of fused-ring (bicyclic) bond motifs is 4. The summed E-state index contributed by atoms with van der Waals surface area (Å²) in [4.78, 5) is 6.48. The van der Waals surface area contributed by atoms with Crippen LogP contribution in [0.2, 0.25) is 0 Å². The molecule has 5 rings (SSSR count). The van der Waals surface area contributed by atoms with E-state index in [-0.39, 0.29) is 0 Å². The molecule has 1 heterocycles. The van der Waals surface area contributed by atoms with Gasteiger partial charge in [0.2, 0.25) is 0 Å². The number of aliphatic imine (C=N–C) groups is 1. The van der Waals surface area contributed by atoms with Crippen molar-refractivity contribution in [1.29, 1.82) is 0 Å². The number of thioether (sulfide) groups is 1. The molecule has 2 aliphatic rings. The summed E-state index contributed by atoms with van der Waals surface area (Å²) in [6.45, 7) is 2.16. The molecular formula is C24H21NS. The first-order valence-electron chi connectivity index (χ1n) is 9.29. The van der Waals surface area contributed by atoms with E-state index in [1.807, 2.05) is 11.8 Å². The van der Waals surface area contributed by atoms with Crippen LogP contribution in [-0.2, 0) is 6.42 Å². The fourth-order valence-electron chi connectivity index (χ4n) is 4.13. The molecule has 1 nitrogen and oxygen atoms in total. The maximum absolute atomic E-state index is 5.19. The van der Waals surface area contributed by atoms with E-state index in [4.69, 9.17) is 4.99 Å². The number of hydrogen-bond acceptors (Lipinski definition) is 2. The normalized spacial score (nSPS) is 21.0. The zero-order valence-electron chi connectivity index (χ0n) is 14.9. The number of para-hydroxylation sites is 1. The molecule has 0 aromatic heterocycles. The second-order valence-electron chi connectivity index (χ2n) is 7.22. The van der Waals surface area contributed by atoms with E-state index in [0.29, 0.717) is 11.2 Å². The largest absolute Gasteiger partial charge is 0.251 e. The van der Waals surface area contributed by atoms with Gasteiger partial charge < -0.3 is 0 Å². The van der Waals surface area contributed by atoms with Crippen LogP contribution in [0.25, 0.3) is 0 Å². The molecule has 0 bridgehead atoms. The van der Waals surface area contributed by atoms with Gasteiger partial charge in [-0.15, -0.1) is 11.8 Å². The highest BCUT2D eigenvalue weighted by molar-refractivity contribution is 7.99. The Balaban J connectivity index is 1.70. The SMILES string of the molecule is Cc1ccc(C2Sc3ccccc3N=C3c4ccccc4CCC32)cc1. The molecule has 0 N–H and O–H groups in total. The summed E-state index contributed by atoms with van der Waals surface area (Å²) in [6.07, 6.45) is 2.30. The molecule has 0 spiro atoms. The second kappa shape index (κ2) is 6.44. The average molecular weight is 356 g/mol. The Hall–Kier alpha value is -2.32. The van der Waals surface area contributed by atoms with Gasteiger partial charge in [0.25, 0.3) is 0 Å². The molecule has 3 aromatic carbocycles. The lowest BCUT2D eigenvalue weighted by Crippen LogP contribution is -2.27. The third kappa shape index (κ3) is 2.69. The van der Waals surface area contributed by atoms with Gasteiger partial charge in [-0.05, 0) is 48.6 Å². The number of benzene rings is 3. The molecule has 0 radical (unpaired) electrons. The van der Waals surface area contributed by atoms with Gasteiger partial charge in [-0.3, -0.25) is 4.99 Å². The van der Waals surface area contributed by atoms with Gasteiger partial charge in [-0.2, -0.15) is 0 Å². The van der Waals surface area contributed by atoms with Crippen molar-refractivity contribution < 1.29 is 0 Å². The molecular weight excluding hydrogens is 334 g/mol. The molecule has 1 aliphatic carbocycles. The predicted octanol–water partition coefficient (Wildman–Crippen LogP) is 6.53. The maximum atomic E-state index is 5.19. The smallest absolute Gasteiger partial charge is 0.0769 e. The predicted molar refractivity (Wildman–Crippen MR) is 111 cm³/mol. The van der Waals surface area contributed by atoms with Crippen molar-refractivity contribution in [3.05, 3.63) is 95.1 Å². The molecule has 2 heteroatoms. The minimum atomic E-state index is 0.409. The summed E-state index contributed by atoms with van der Waals surface area (Å²) < 4.78 is 0. The van der Waals surface area contributed by atoms with Crippen molar-refractivity contribution in [3.63, 3.8) is 0 Å². The van der Waals surface area contributed by atoms with Crippen molar-refractivity contribution in [2.24, 2.45) is 10.9 Å². The van der Waals surface area contributed by atoms with Crippen molar-refractivity contribution in [2.75, 3.05) is 0 Å². The van der Waals surface area contributed by atoms with Crippen LogP contribution in [0.5, 0.6) is 0 Å². The lowest BCUT2D eigenvalue weighted by atomic mass is 9.78. The number of nitrogens with zero attached hydrogens (tertiary/aromatic N) is 1. The van der Waals surface area contributed by atoms with Gasteiger partial charge in [-0.1, -0.05) is 66.2 Å². The van der Waals surface area contributed by atoms with Crippen LogP contribution in [0.15, 0.2) is 82.7 Å². The third-order valence-electron chi connectivity index (χ3n) is 5.50. The quantitative estimate of drug-likeness (QED) is 0.484. The van der Waals surface area contributed by atoms with Crippen LogP contribution in [0, 0.1) is 12.8 Å². The first kappa shape index (κ1) is 15.9. The molecule has 0 amide bonds. The Labute approximate surface area is 159 Å². The Morgan fingerprint density at radius 3 is 2.54 bits per heavy atom. The van der Waals surface area contributed by atoms with Gasteiger partial charge >= 0.3 is 0 Å². The van der Waals surface area contributed by atoms with Crippen LogP contribution in [-0.4, -0.2) is 5.71 Å². The standard InChI is InChI=1S/C24H21NS/c1-16-10-12-18(13-11-16)24-20-15-14-17-6-2-3-7-19(17)23(20)25-21-8-4-5-9-22(21)26-24/h2-13,20,24H,14-15H2,1H3. The summed E-state index contributed by atoms with van der Waals surface area (Å²) in [5.41, 5.74) is 7.90. The molecule has 3 aromatic rings. The number of hydrogen-bond donors (Lipinski definition) is 0. The first-order chi connectivity index (χ1) is 12.8. The topological polar surface area (TPSA) is 12.4 Å². The Bertz CT molecular complexity index is 987. The second-order valence-corrected chi connectivity index (χ2v) is 8.40. The van der Waals surface area contributed by atoms with E-state index in [1.165, 1.54) is 32.9 Å². The molecule has 1 aliphatic heterocycles. The highest BCUT2D eigenvalue weighted by Gasteiger charge is 2.35. The van der Waals surface area contributed by atoms with Crippen LogP contribution in [0.1, 0.15) is 33.9 Å². The van der Waals surface area contributed by atoms with Crippen LogP contribution in [0.3, 0.4) is 0 Å². The van der Waals surface area contributed by atoms with Crippen LogP contribution >= 0.6 is 11.8 Å². The van der Waals surface area contributed by atoms with Gasteiger partial charge in [0.15, 0.2) is 0 Å². The lowest BCUT2D eigenvalue weighted by Gasteiger charge is -2.31. The van der Waals surface area contributed by atoms with E-state index in [9.17, 15) is 0 Å². The highest BCUT2D eigenvalue weighted by atomic mass is 32.2. The molecule has 128 valence electrons. The number of rotatable bonds is 1. The number of aryl methyl sites for hydroxylation is 2. The molecule has 26 heavy (non-hydrogen) atoms. The summed E-state index contributed by atoms with van der Waals surface area (Å²) in [5, 5.41) is 0.409. The van der Waals surface area contributed by atoms with Crippen molar-refractivity contribution in [3.8, 4) is 0 Å². The van der Waals surface area contributed by atoms with Crippen LogP contribution < -0.4 is 0 Å². The minimum absolute atomic E-state index is 0.409. The summed E-state index contributed by atoms with van der Waals surface area (Å²) in [7, 11) is 0. The van der Waals surface area contributed by atoms with E-state index in [1.54, 1.807) is 0 Å². The maximum Gasteiger partial charge on any atom is 0.0769 e. The van der Waals surface area contributed by atoms with Crippen molar-refractivity contribution >= 4 is 23.2 Å². The van der Waals surface area contributed by atoms with Crippen molar-refractivity contribution in [1.82, 2.24) is 0 Å². The highest BCUT2D eigenvalue weighted by Crippen LogP contribution is 2.50. The van der Waals surface area contributed by atoms with Gasteiger partial charge in [0.1, 0.15) is 0 Å². The molecule has 0 fully saturated rings. The lowest BCUT2D eigenvalue weighted by molar-refractivity contribution is 0.597. The van der Waals surface area contributed by atoms with Gasteiger partial charge in [0, 0.05) is 16.1 Å². The zero-order valence-corrected chi connectivity index (χ0v) is 15.7. The van der Waals surface area contributed by atoms with E-state index < -0.39 is 0 Å². The minimum Gasteiger partial charge on any atom is -0.251 e. The zero-order chi connectivity index (χ0) is 17.5. The Kier molecular flexibility index (Phi) is 3.94. The fourth-order valence-corrected chi connectivity index (χ4v) is 5.52. The first-order valence-corrected chi connectivity index (χ1v) is 10.2. The third-order valence-corrected chi connectivity index (χ3v) is 6.95. The van der Waals surface area contributed by atoms with Gasteiger partial charge in [-0.25, -0.2) is 0 Å².